The molecule has 5 heteroatoms. The number of carbonyl (C=O) groups is 2. The van der Waals surface area contributed by atoms with Crippen molar-refractivity contribution in [2.75, 3.05) is 11.9 Å². The Morgan fingerprint density at radius 2 is 1.38 bits per heavy atom. The largest absolute Gasteiger partial charge is 0.285 e. The Labute approximate surface area is 133 Å². The number of hydrogen-bond acceptors (Lipinski definition) is 3. The molecule has 0 bridgehead atoms. The molecule has 1 aromatic carbocycles. The molecule has 1 aromatic rings. The summed E-state index contributed by atoms with van der Waals surface area (Å²) in [5.41, 5.74) is 0.856. The fraction of sp³-hybridized carbons (Fsp3) is 0.500. The molecule has 2 rings (SSSR count). The quantitative estimate of drug-likeness (QED) is 0.383. The second-order valence-electron chi connectivity index (χ2n) is 5.09. The predicted molar refractivity (Wildman–Crippen MR) is 84.4 cm³/mol. The molecule has 0 N–H and O–H groups in total. The number of hydrogen-bond donors (Lipinski definition) is 0. The summed E-state index contributed by atoms with van der Waals surface area (Å²) in [5, 5.41) is 1.96. The smallest absolute Gasteiger partial charge is 0.266 e. The molecule has 1 heterocycles. The van der Waals surface area contributed by atoms with Crippen molar-refractivity contribution in [3.05, 3.63) is 35.4 Å². The third-order valence-corrected chi connectivity index (χ3v) is 4.07. The Bertz CT molecular complexity index is 469. The molecule has 2 amide bonds. The molecule has 1 aliphatic heterocycles. The van der Waals surface area contributed by atoms with E-state index in [0.29, 0.717) is 17.7 Å². The summed E-state index contributed by atoms with van der Waals surface area (Å²) in [5.74, 6) is -0.708. The first kappa shape index (κ1) is 16.2. The minimum atomic E-state index is -0.354. The fourth-order valence-electron chi connectivity index (χ4n) is 2.34. The highest BCUT2D eigenvalue weighted by molar-refractivity contribution is 9.09. The standard InChI is InChI=1S/C16H20BrNO3/c17-11-7-3-1-2-4-8-12-21-18-15(19)13-9-5-6-10-14(13)16(18)20/h5-6,9-10H,1-4,7-8,11-12H2. The summed E-state index contributed by atoms with van der Waals surface area (Å²) >= 11 is 3.42. The number of imide groups is 1. The highest BCUT2D eigenvalue weighted by Gasteiger charge is 2.36. The fourth-order valence-corrected chi connectivity index (χ4v) is 2.74. The first-order valence-electron chi connectivity index (χ1n) is 7.42. The summed E-state index contributed by atoms with van der Waals surface area (Å²) in [6.45, 7) is 0.407. The summed E-state index contributed by atoms with van der Waals surface area (Å²) in [7, 11) is 0. The van der Waals surface area contributed by atoms with Crippen LogP contribution in [0.1, 0.15) is 59.2 Å². The lowest BCUT2D eigenvalue weighted by atomic mass is 10.1. The number of rotatable bonds is 9. The van der Waals surface area contributed by atoms with Crippen molar-refractivity contribution in [1.29, 1.82) is 0 Å². The van der Waals surface area contributed by atoms with E-state index in [4.69, 9.17) is 4.84 Å². The maximum Gasteiger partial charge on any atom is 0.285 e. The Morgan fingerprint density at radius 3 is 1.95 bits per heavy atom. The molecule has 4 nitrogen and oxygen atoms in total. The molecule has 0 aromatic heterocycles. The van der Waals surface area contributed by atoms with Gasteiger partial charge in [0.1, 0.15) is 0 Å². The first-order valence-corrected chi connectivity index (χ1v) is 8.54. The molecule has 1 aliphatic rings. The topological polar surface area (TPSA) is 46.6 Å². The van der Waals surface area contributed by atoms with Crippen molar-refractivity contribution < 1.29 is 14.4 Å². The van der Waals surface area contributed by atoms with Crippen LogP contribution in [0.5, 0.6) is 0 Å². The Morgan fingerprint density at radius 1 is 0.857 bits per heavy atom. The van der Waals surface area contributed by atoms with E-state index in [9.17, 15) is 9.59 Å². The van der Waals surface area contributed by atoms with Crippen molar-refractivity contribution in [1.82, 2.24) is 5.06 Å². The molecule has 0 unspecified atom stereocenters. The van der Waals surface area contributed by atoms with E-state index in [1.54, 1.807) is 24.3 Å². The average Bonchev–Trinajstić information content (AvgIpc) is 2.75. The van der Waals surface area contributed by atoms with Crippen molar-refractivity contribution in [3.8, 4) is 0 Å². The minimum absolute atomic E-state index is 0.354. The zero-order valence-electron chi connectivity index (χ0n) is 12.0. The van der Waals surface area contributed by atoms with Gasteiger partial charge >= 0.3 is 0 Å². The highest BCUT2D eigenvalue weighted by atomic mass is 79.9. The predicted octanol–water partition coefficient (Wildman–Crippen LogP) is 3.95. The van der Waals surface area contributed by atoms with Crippen LogP contribution in [0.15, 0.2) is 24.3 Å². The lowest BCUT2D eigenvalue weighted by Crippen LogP contribution is -2.30. The summed E-state index contributed by atoms with van der Waals surface area (Å²) in [6, 6.07) is 6.81. The Hall–Kier alpha value is -1.20. The molecule has 0 atom stereocenters. The molecular weight excluding hydrogens is 334 g/mol. The van der Waals surface area contributed by atoms with Gasteiger partial charge in [-0.3, -0.25) is 14.4 Å². The van der Waals surface area contributed by atoms with Gasteiger partial charge in [-0.15, -0.1) is 5.06 Å². The SMILES string of the molecule is O=C1c2ccccc2C(=O)N1OCCCCCCCCBr. The van der Waals surface area contributed by atoms with Gasteiger partial charge in [0.15, 0.2) is 0 Å². The molecule has 0 radical (unpaired) electrons. The van der Waals surface area contributed by atoms with Gasteiger partial charge in [-0.05, 0) is 25.0 Å². The van der Waals surface area contributed by atoms with Gasteiger partial charge in [0.2, 0.25) is 0 Å². The molecule has 0 aliphatic carbocycles. The van der Waals surface area contributed by atoms with Gasteiger partial charge in [0.25, 0.3) is 11.8 Å². The number of amides is 2. The van der Waals surface area contributed by atoms with Crippen LogP contribution in [-0.4, -0.2) is 28.8 Å². The summed E-state index contributed by atoms with van der Waals surface area (Å²) in [4.78, 5) is 29.4. The molecule has 0 fully saturated rings. The van der Waals surface area contributed by atoms with Crippen molar-refractivity contribution in [2.45, 2.75) is 38.5 Å². The lowest BCUT2D eigenvalue weighted by Gasteiger charge is -2.13. The van der Waals surface area contributed by atoms with E-state index in [1.165, 1.54) is 25.7 Å². The number of halogens is 1. The van der Waals surface area contributed by atoms with Crippen molar-refractivity contribution in [2.24, 2.45) is 0 Å². The van der Waals surface area contributed by atoms with E-state index < -0.39 is 0 Å². The minimum Gasteiger partial charge on any atom is -0.266 e. The number of hydroxylamine groups is 2. The van der Waals surface area contributed by atoms with Crippen molar-refractivity contribution >= 4 is 27.7 Å². The molecule has 0 saturated carbocycles. The highest BCUT2D eigenvalue weighted by Crippen LogP contribution is 2.22. The monoisotopic (exact) mass is 353 g/mol. The molecule has 21 heavy (non-hydrogen) atoms. The zero-order valence-corrected chi connectivity index (χ0v) is 13.6. The van der Waals surface area contributed by atoms with Crippen LogP contribution in [0.2, 0.25) is 0 Å². The Kier molecular flexibility index (Phi) is 6.39. The molecular formula is C16H20BrNO3. The zero-order chi connectivity index (χ0) is 15.1. The second kappa shape index (κ2) is 8.29. The van der Waals surface area contributed by atoms with Crippen LogP contribution in [-0.2, 0) is 4.84 Å². The van der Waals surface area contributed by atoms with E-state index in [2.05, 4.69) is 15.9 Å². The van der Waals surface area contributed by atoms with Crippen LogP contribution in [0.3, 0.4) is 0 Å². The average molecular weight is 354 g/mol. The number of benzene rings is 1. The lowest BCUT2D eigenvalue weighted by molar-refractivity contribution is -0.0922. The molecule has 114 valence electrons. The van der Waals surface area contributed by atoms with Crippen LogP contribution >= 0.6 is 15.9 Å². The number of alkyl halides is 1. The van der Waals surface area contributed by atoms with E-state index in [1.807, 2.05) is 0 Å². The first-order chi connectivity index (χ1) is 10.3. The number of unbranched alkanes of at least 4 members (excludes halogenated alkanes) is 5. The van der Waals surface area contributed by atoms with Gasteiger partial charge in [0, 0.05) is 5.33 Å². The normalized spacial score (nSPS) is 13.9. The van der Waals surface area contributed by atoms with E-state index in [-0.39, 0.29) is 11.8 Å². The molecule has 0 saturated heterocycles. The summed E-state index contributed by atoms with van der Waals surface area (Å²) in [6.07, 6.45) is 6.76. The van der Waals surface area contributed by atoms with Crippen LogP contribution in [0, 0.1) is 0 Å². The molecule has 0 spiro atoms. The maximum atomic E-state index is 12.0. The van der Waals surface area contributed by atoms with Gasteiger partial charge < -0.3 is 0 Å². The van der Waals surface area contributed by atoms with Gasteiger partial charge in [-0.1, -0.05) is 53.7 Å². The Balaban J connectivity index is 1.69. The van der Waals surface area contributed by atoms with Crippen LogP contribution in [0.4, 0.5) is 0 Å². The number of fused-ring (bicyclic) bond motifs is 1. The van der Waals surface area contributed by atoms with Gasteiger partial charge in [-0.25, -0.2) is 0 Å². The van der Waals surface area contributed by atoms with Gasteiger partial charge in [0.05, 0.1) is 17.7 Å². The third-order valence-electron chi connectivity index (χ3n) is 3.51. The van der Waals surface area contributed by atoms with E-state index in [0.717, 1.165) is 23.2 Å². The second-order valence-corrected chi connectivity index (χ2v) is 5.89. The van der Waals surface area contributed by atoms with Crippen LogP contribution < -0.4 is 0 Å². The number of nitrogens with zero attached hydrogens (tertiary/aromatic N) is 1. The van der Waals surface area contributed by atoms with Gasteiger partial charge in [-0.2, -0.15) is 0 Å². The third kappa shape index (κ3) is 4.14. The van der Waals surface area contributed by atoms with Crippen LogP contribution in [0.25, 0.3) is 0 Å². The number of carbonyl (C=O) groups excluding carboxylic acids is 2. The summed E-state index contributed by atoms with van der Waals surface area (Å²) < 4.78 is 0. The van der Waals surface area contributed by atoms with E-state index >= 15 is 0 Å². The maximum absolute atomic E-state index is 12.0. The van der Waals surface area contributed by atoms with Crippen molar-refractivity contribution in [3.63, 3.8) is 0 Å².